The molecular weight excluding hydrogens is 272 g/mol. The highest BCUT2D eigenvalue weighted by molar-refractivity contribution is 7.80. The van der Waals surface area contributed by atoms with Crippen molar-refractivity contribution in [3.63, 3.8) is 0 Å². The van der Waals surface area contributed by atoms with Gasteiger partial charge in [0.2, 0.25) is 5.91 Å². The van der Waals surface area contributed by atoms with Crippen LogP contribution in [0.15, 0.2) is 30.3 Å². The topological polar surface area (TPSA) is 64.3 Å². The zero-order valence-electron chi connectivity index (χ0n) is 11.8. The number of nitrogens with one attached hydrogen (secondary N) is 1. The number of nitrogens with two attached hydrogens (primary N) is 1. The van der Waals surface area contributed by atoms with Crippen molar-refractivity contribution in [2.75, 3.05) is 19.8 Å². The van der Waals surface area contributed by atoms with Crippen LogP contribution in [-0.2, 0) is 9.53 Å². The molecule has 0 radical (unpaired) electrons. The molecular formula is C15H22N2O2S. The highest BCUT2D eigenvalue weighted by Gasteiger charge is 2.22. The largest absolute Gasteiger partial charge is 0.392 e. The Bertz CT molecular complexity index is 423. The van der Waals surface area contributed by atoms with Crippen molar-refractivity contribution in [1.29, 1.82) is 0 Å². The van der Waals surface area contributed by atoms with E-state index < -0.39 is 5.92 Å². The van der Waals surface area contributed by atoms with Crippen molar-refractivity contribution in [2.45, 2.75) is 25.7 Å². The van der Waals surface area contributed by atoms with Gasteiger partial charge in [0.1, 0.15) is 5.92 Å². The normalized spacial score (nSPS) is 11.8. The molecule has 0 spiro atoms. The fourth-order valence-electron chi connectivity index (χ4n) is 1.82. The first-order valence-electron chi connectivity index (χ1n) is 6.86. The van der Waals surface area contributed by atoms with Crippen molar-refractivity contribution in [3.05, 3.63) is 35.9 Å². The van der Waals surface area contributed by atoms with Gasteiger partial charge in [-0.1, -0.05) is 49.5 Å². The van der Waals surface area contributed by atoms with E-state index in [2.05, 4.69) is 12.2 Å². The third-order valence-electron chi connectivity index (χ3n) is 2.79. The third-order valence-corrected chi connectivity index (χ3v) is 3.03. The standard InChI is InChI=1S/C15H22N2O2S/c1-2-10-19-11-6-9-17-15(18)13(14(16)20)12-7-4-3-5-8-12/h3-5,7-8,13H,2,6,9-11H2,1H3,(H2,16,20)(H,17,18). The molecule has 0 aliphatic heterocycles. The van der Waals surface area contributed by atoms with E-state index in [1.165, 1.54) is 0 Å². The maximum atomic E-state index is 12.2. The zero-order chi connectivity index (χ0) is 14.8. The molecule has 0 aliphatic rings. The van der Waals surface area contributed by atoms with Gasteiger partial charge in [-0.15, -0.1) is 0 Å². The van der Waals surface area contributed by atoms with Crippen LogP contribution in [0.4, 0.5) is 0 Å². The van der Waals surface area contributed by atoms with Gasteiger partial charge < -0.3 is 15.8 Å². The molecule has 0 fully saturated rings. The van der Waals surface area contributed by atoms with Crippen molar-refractivity contribution in [2.24, 2.45) is 5.73 Å². The lowest BCUT2D eigenvalue weighted by Crippen LogP contribution is -2.36. The second-order valence-corrected chi connectivity index (χ2v) is 4.97. The quantitative estimate of drug-likeness (QED) is 0.540. The van der Waals surface area contributed by atoms with Crippen LogP contribution in [0.3, 0.4) is 0 Å². The summed E-state index contributed by atoms with van der Waals surface area (Å²) in [5.74, 6) is -0.720. The molecule has 1 aromatic rings. The Labute approximate surface area is 125 Å². The average molecular weight is 294 g/mol. The fourth-order valence-corrected chi connectivity index (χ4v) is 2.07. The Kier molecular flexibility index (Phi) is 7.84. The van der Waals surface area contributed by atoms with E-state index in [9.17, 15) is 4.79 Å². The van der Waals surface area contributed by atoms with E-state index in [0.717, 1.165) is 25.0 Å². The summed E-state index contributed by atoms with van der Waals surface area (Å²) in [6, 6.07) is 9.34. The summed E-state index contributed by atoms with van der Waals surface area (Å²) in [6.07, 6.45) is 1.79. The van der Waals surface area contributed by atoms with E-state index in [1.54, 1.807) is 0 Å². The predicted octanol–water partition coefficient (Wildman–Crippen LogP) is 1.99. The Hall–Kier alpha value is -1.46. The minimum atomic E-state index is -0.567. The first kappa shape index (κ1) is 16.6. The second kappa shape index (κ2) is 9.44. The molecule has 0 aromatic heterocycles. The average Bonchev–Trinajstić information content (AvgIpc) is 2.43. The molecule has 1 aromatic carbocycles. The molecule has 1 unspecified atom stereocenters. The first-order chi connectivity index (χ1) is 9.66. The van der Waals surface area contributed by atoms with E-state index in [0.29, 0.717) is 13.2 Å². The van der Waals surface area contributed by atoms with Crippen LogP contribution in [0.5, 0.6) is 0 Å². The monoisotopic (exact) mass is 294 g/mol. The number of hydrogen-bond acceptors (Lipinski definition) is 3. The van der Waals surface area contributed by atoms with Crippen LogP contribution < -0.4 is 11.1 Å². The molecule has 1 amide bonds. The van der Waals surface area contributed by atoms with E-state index in [-0.39, 0.29) is 10.9 Å². The van der Waals surface area contributed by atoms with Crippen LogP contribution >= 0.6 is 12.2 Å². The van der Waals surface area contributed by atoms with Gasteiger partial charge in [0.25, 0.3) is 0 Å². The molecule has 110 valence electrons. The molecule has 20 heavy (non-hydrogen) atoms. The van der Waals surface area contributed by atoms with Crippen molar-refractivity contribution < 1.29 is 9.53 Å². The molecule has 4 nitrogen and oxygen atoms in total. The summed E-state index contributed by atoms with van der Waals surface area (Å²) >= 11 is 5.00. The summed E-state index contributed by atoms with van der Waals surface area (Å²) in [6.45, 7) is 4.04. The molecule has 0 heterocycles. The van der Waals surface area contributed by atoms with Crippen LogP contribution in [0.2, 0.25) is 0 Å². The molecule has 0 bridgehead atoms. The Morgan fingerprint density at radius 3 is 2.65 bits per heavy atom. The lowest BCUT2D eigenvalue weighted by atomic mass is 9.98. The Morgan fingerprint density at radius 1 is 1.35 bits per heavy atom. The van der Waals surface area contributed by atoms with Gasteiger partial charge in [-0.2, -0.15) is 0 Å². The van der Waals surface area contributed by atoms with Gasteiger partial charge in [0.15, 0.2) is 0 Å². The smallest absolute Gasteiger partial charge is 0.234 e. The molecule has 0 aliphatic carbocycles. The molecule has 3 N–H and O–H groups in total. The minimum Gasteiger partial charge on any atom is -0.392 e. The van der Waals surface area contributed by atoms with Crippen molar-refractivity contribution in [1.82, 2.24) is 5.32 Å². The SMILES string of the molecule is CCCOCCCNC(=O)C(C(N)=S)c1ccccc1. The summed E-state index contributed by atoms with van der Waals surface area (Å²) < 4.78 is 5.36. The molecule has 0 saturated carbocycles. The van der Waals surface area contributed by atoms with Gasteiger partial charge in [0, 0.05) is 19.8 Å². The van der Waals surface area contributed by atoms with Gasteiger partial charge in [0.05, 0.1) is 4.99 Å². The van der Waals surface area contributed by atoms with Crippen LogP contribution in [0, 0.1) is 0 Å². The maximum Gasteiger partial charge on any atom is 0.234 e. The molecule has 0 saturated heterocycles. The van der Waals surface area contributed by atoms with Crippen molar-refractivity contribution in [3.8, 4) is 0 Å². The summed E-state index contributed by atoms with van der Waals surface area (Å²) in [5, 5.41) is 2.85. The number of amides is 1. The van der Waals surface area contributed by atoms with Gasteiger partial charge in [-0.25, -0.2) is 0 Å². The lowest BCUT2D eigenvalue weighted by molar-refractivity contribution is -0.121. The van der Waals surface area contributed by atoms with Crippen LogP contribution in [0.1, 0.15) is 31.2 Å². The predicted molar refractivity (Wildman–Crippen MR) is 84.7 cm³/mol. The Balaban J connectivity index is 2.44. The summed E-state index contributed by atoms with van der Waals surface area (Å²) in [5.41, 5.74) is 6.50. The minimum absolute atomic E-state index is 0.154. The van der Waals surface area contributed by atoms with Crippen LogP contribution in [-0.4, -0.2) is 30.7 Å². The fraction of sp³-hybridized carbons (Fsp3) is 0.467. The van der Waals surface area contributed by atoms with Gasteiger partial charge in [-0.3, -0.25) is 4.79 Å². The molecule has 5 heteroatoms. The zero-order valence-corrected chi connectivity index (χ0v) is 12.6. The number of rotatable bonds is 9. The Morgan fingerprint density at radius 2 is 2.05 bits per heavy atom. The highest BCUT2D eigenvalue weighted by atomic mass is 32.1. The van der Waals surface area contributed by atoms with E-state index in [1.807, 2.05) is 30.3 Å². The number of carbonyl (C=O) groups is 1. The van der Waals surface area contributed by atoms with Crippen LogP contribution in [0.25, 0.3) is 0 Å². The lowest BCUT2D eigenvalue weighted by Gasteiger charge is -2.15. The van der Waals surface area contributed by atoms with Gasteiger partial charge in [-0.05, 0) is 18.4 Å². The van der Waals surface area contributed by atoms with Gasteiger partial charge >= 0.3 is 0 Å². The van der Waals surface area contributed by atoms with E-state index in [4.69, 9.17) is 22.7 Å². The third kappa shape index (κ3) is 5.67. The summed E-state index contributed by atoms with van der Waals surface area (Å²) in [7, 11) is 0. The number of ether oxygens (including phenoxy) is 1. The van der Waals surface area contributed by atoms with E-state index >= 15 is 0 Å². The number of carbonyl (C=O) groups excluding carboxylic acids is 1. The number of benzene rings is 1. The number of hydrogen-bond donors (Lipinski definition) is 2. The molecule has 1 atom stereocenters. The number of thiocarbonyl (C=S) groups is 1. The summed E-state index contributed by atoms with van der Waals surface area (Å²) in [4.78, 5) is 12.3. The second-order valence-electron chi connectivity index (χ2n) is 4.50. The van der Waals surface area contributed by atoms with Crippen molar-refractivity contribution >= 4 is 23.1 Å². The molecule has 1 rings (SSSR count). The highest BCUT2D eigenvalue weighted by Crippen LogP contribution is 2.16. The maximum absolute atomic E-state index is 12.2. The first-order valence-corrected chi connectivity index (χ1v) is 7.27.